The summed E-state index contributed by atoms with van der Waals surface area (Å²) < 4.78 is 11.9. The lowest BCUT2D eigenvalue weighted by Gasteiger charge is -2.03. The zero-order chi connectivity index (χ0) is 18.8. The Morgan fingerprint density at radius 1 is 0.963 bits per heavy atom. The van der Waals surface area contributed by atoms with Gasteiger partial charge in [0.2, 0.25) is 10.1 Å². The van der Waals surface area contributed by atoms with E-state index < -0.39 is 0 Å². The van der Waals surface area contributed by atoms with Crippen LogP contribution < -0.4 is 14.8 Å². The Labute approximate surface area is 158 Å². The average Bonchev–Trinajstić information content (AvgIpc) is 3.28. The van der Waals surface area contributed by atoms with Gasteiger partial charge in [0.1, 0.15) is 11.5 Å². The number of methoxy groups -OCH3 is 2. The van der Waals surface area contributed by atoms with E-state index in [1.165, 1.54) is 11.3 Å². The van der Waals surface area contributed by atoms with Gasteiger partial charge in [-0.05, 0) is 48.5 Å². The maximum absolute atomic E-state index is 12.4. The van der Waals surface area contributed by atoms with E-state index in [-0.39, 0.29) is 5.91 Å². The number of ether oxygens (including phenoxy) is 2. The molecule has 2 aromatic heterocycles. The molecule has 27 heavy (non-hydrogen) atoms. The molecule has 1 amide bonds. The van der Waals surface area contributed by atoms with Crippen molar-refractivity contribution in [2.24, 2.45) is 0 Å². The maximum Gasteiger partial charge on any atom is 0.257 e. The van der Waals surface area contributed by atoms with Gasteiger partial charge in [-0.1, -0.05) is 11.3 Å². The monoisotopic (exact) mass is 381 g/mol. The molecule has 0 saturated heterocycles. The summed E-state index contributed by atoms with van der Waals surface area (Å²) >= 11 is 1.25. The highest BCUT2D eigenvalue weighted by molar-refractivity contribution is 7.20. The number of hydrogen-bond acceptors (Lipinski definition) is 7. The van der Waals surface area contributed by atoms with E-state index in [2.05, 4.69) is 20.6 Å². The number of benzene rings is 2. The minimum atomic E-state index is -0.256. The largest absolute Gasteiger partial charge is 0.497 e. The van der Waals surface area contributed by atoms with Crippen LogP contribution in [0.4, 0.5) is 5.13 Å². The van der Waals surface area contributed by atoms with Crippen LogP contribution in [0.25, 0.3) is 16.3 Å². The van der Waals surface area contributed by atoms with Crippen molar-refractivity contribution in [3.8, 4) is 22.9 Å². The zero-order valence-corrected chi connectivity index (χ0v) is 15.4. The van der Waals surface area contributed by atoms with Crippen LogP contribution in [0.5, 0.6) is 11.5 Å². The van der Waals surface area contributed by atoms with E-state index >= 15 is 0 Å². The molecule has 2 aromatic carbocycles. The summed E-state index contributed by atoms with van der Waals surface area (Å²) in [6, 6.07) is 14.3. The second kappa shape index (κ2) is 7.04. The number of anilines is 1. The lowest BCUT2D eigenvalue weighted by Crippen LogP contribution is -2.11. The van der Waals surface area contributed by atoms with Crippen LogP contribution in [-0.4, -0.2) is 39.9 Å². The van der Waals surface area contributed by atoms with E-state index in [0.717, 1.165) is 11.3 Å². The third-order valence-corrected chi connectivity index (χ3v) is 4.73. The third-order valence-electron chi connectivity index (χ3n) is 3.91. The summed E-state index contributed by atoms with van der Waals surface area (Å²) in [6.07, 6.45) is 0. The molecule has 0 radical (unpaired) electrons. The molecule has 4 rings (SSSR count). The summed E-state index contributed by atoms with van der Waals surface area (Å²) in [7, 11) is 3.19. The Bertz CT molecular complexity index is 1090. The Balaban J connectivity index is 1.58. The minimum absolute atomic E-state index is 0.256. The lowest BCUT2D eigenvalue weighted by atomic mass is 10.2. The summed E-state index contributed by atoms with van der Waals surface area (Å²) in [5.74, 6) is 1.78. The topological polar surface area (TPSA) is 90.6 Å². The van der Waals surface area contributed by atoms with Crippen LogP contribution in [0.2, 0.25) is 0 Å². The number of carbonyl (C=O) groups excluding carboxylic acids is 1. The molecule has 0 aliphatic rings. The number of rotatable bonds is 5. The van der Waals surface area contributed by atoms with E-state index in [4.69, 9.17) is 9.47 Å². The van der Waals surface area contributed by atoms with Gasteiger partial charge in [-0.15, -0.1) is 15.3 Å². The van der Waals surface area contributed by atoms with Crippen LogP contribution in [0.3, 0.4) is 0 Å². The molecule has 9 heteroatoms. The molecule has 0 aliphatic heterocycles. The van der Waals surface area contributed by atoms with Crippen molar-refractivity contribution in [1.82, 2.24) is 19.8 Å². The molecule has 4 aromatic rings. The quantitative estimate of drug-likeness (QED) is 0.571. The minimum Gasteiger partial charge on any atom is -0.497 e. The molecule has 0 fully saturated rings. The predicted molar refractivity (Wildman–Crippen MR) is 102 cm³/mol. The second-order valence-corrected chi connectivity index (χ2v) is 6.49. The van der Waals surface area contributed by atoms with Crippen LogP contribution in [-0.2, 0) is 0 Å². The summed E-state index contributed by atoms with van der Waals surface area (Å²) in [5.41, 5.74) is 1.36. The van der Waals surface area contributed by atoms with Crippen molar-refractivity contribution in [3.05, 3.63) is 54.1 Å². The first-order valence-corrected chi connectivity index (χ1v) is 8.81. The van der Waals surface area contributed by atoms with Gasteiger partial charge < -0.3 is 9.47 Å². The fourth-order valence-corrected chi connectivity index (χ4v) is 3.23. The van der Waals surface area contributed by atoms with E-state index in [9.17, 15) is 4.79 Å². The Morgan fingerprint density at radius 3 is 2.22 bits per heavy atom. The molecular weight excluding hydrogens is 366 g/mol. The highest BCUT2D eigenvalue weighted by Gasteiger charge is 2.15. The average molecular weight is 381 g/mol. The molecule has 0 atom stereocenters. The molecule has 0 saturated carbocycles. The summed E-state index contributed by atoms with van der Waals surface area (Å²) in [5, 5.41) is 15.9. The highest BCUT2D eigenvalue weighted by atomic mass is 32.1. The fourth-order valence-electron chi connectivity index (χ4n) is 2.50. The molecule has 0 aliphatic carbocycles. The maximum atomic E-state index is 12.4. The Hall–Kier alpha value is -3.46. The van der Waals surface area contributed by atoms with Crippen molar-refractivity contribution in [1.29, 1.82) is 0 Å². The number of fused-ring (bicyclic) bond motifs is 1. The van der Waals surface area contributed by atoms with Gasteiger partial charge in [0, 0.05) is 11.1 Å². The van der Waals surface area contributed by atoms with Crippen molar-refractivity contribution in [2.45, 2.75) is 0 Å². The number of hydrogen-bond donors (Lipinski definition) is 1. The van der Waals surface area contributed by atoms with Crippen LogP contribution in [0.15, 0.2) is 48.5 Å². The number of aromatic nitrogens is 4. The molecular formula is C18H15N5O3S. The first kappa shape index (κ1) is 17.0. The molecule has 0 bridgehead atoms. The van der Waals surface area contributed by atoms with Gasteiger partial charge >= 0.3 is 0 Å². The van der Waals surface area contributed by atoms with E-state index in [0.29, 0.717) is 27.2 Å². The number of amides is 1. The Kier molecular flexibility index (Phi) is 4.43. The van der Waals surface area contributed by atoms with Gasteiger partial charge in [-0.25, -0.2) is 0 Å². The third kappa shape index (κ3) is 3.32. The van der Waals surface area contributed by atoms with Gasteiger partial charge in [-0.3, -0.25) is 10.1 Å². The zero-order valence-electron chi connectivity index (χ0n) is 14.5. The predicted octanol–water partition coefficient (Wildman–Crippen LogP) is 3.12. The summed E-state index contributed by atoms with van der Waals surface area (Å²) in [4.78, 5) is 13.0. The SMILES string of the molecule is COc1ccc(C(=O)Nc2nn3c(-c4ccc(OC)cc4)nnc3s2)cc1. The standard InChI is InChI=1S/C18H15N5O3S/c1-25-13-7-3-11(4-8-13)15-20-21-18-23(15)22-17(27-18)19-16(24)12-5-9-14(26-2)10-6-12/h3-10H,1-2H3,(H,19,22,24). The normalized spacial score (nSPS) is 10.7. The fraction of sp³-hybridized carbons (Fsp3) is 0.111. The van der Waals surface area contributed by atoms with Crippen molar-refractivity contribution < 1.29 is 14.3 Å². The van der Waals surface area contributed by atoms with Crippen LogP contribution in [0, 0.1) is 0 Å². The molecule has 8 nitrogen and oxygen atoms in total. The lowest BCUT2D eigenvalue weighted by molar-refractivity contribution is 0.102. The Morgan fingerprint density at radius 2 is 1.59 bits per heavy atom. The number of nitrogens with zero attached hydrogens (tertiary/aromatic N) is 4. The first-order valence-electron chi connectivity index (χ1n) is 8.00. The van der Waals surface area contributed by atoms with Crippen LogP contribution >= 0.6 is 11.3 Å². The molecule has 2 heterocycles. The summed E-state index contributed by atoms with van der Waals surface area (Å²) in [6.45, 7) is 0. The van der Waals surface area contributed by atoms with Gasteiger partial charge in [0.25, 0.3) is 5.91 Å². The second-order valence-electron chi connectivity index (χ2n) is 5.54. The van der Waals surface area contributed by atoms with Crippen molar-refractivity contribution >= 4 is 27.3 Å². The van der Waals surface area contributed by atoms with E-state index in [1.807, 2.05) is 24.3 Å². The van der Waals surface area contributed by atoms with Gasteiger partial charge in [-0.2, -0.15) is 4.52 Å². The van der Waals surface area contributed by atoms with Gasteiger partial charge in [0.05, 0.1) is 14.2 Å². The smallest absolute Gasteiger partial charge is 0.257 e. The van der Waals surface area contributed by atoms with E-state index in [1.54, 1.807) is 43.0 Å². The van der Waals surface area contributed by atoms with Crippen molar-refractivity contribution in [2.75, 3.05) is 19.5 Å². The number of carbonyl (C=O) groups is 1. The highest BCUT2D eigenvalue weighted by Crippen LogP contribution is 2.26. The molecule has 0 spiro atoms. The van der Waals surface area contributed by atoms with Gasteiger partial charge in [0.15, 0.2) is 5.82 Å². The van der Waals surface area contributed by atoms with Crippen molar-refractivity contribution in [3.63, 3.8) is 0 Å². The molecule has 1 N–H and O–H groups in total. The molecule has 0 unspecified atom stereocenters. The first-order chi connectivity index (χ1) is 13.2. The van der Waals surface area contributed by atoms with Crippen LogP contribution in [0.1, 0.15) is 10.4 Å². The molecule has 136 valence electrons. The number of nitrogens with one attached hydrogen (secondary N) is 1.